The monoisotopic (exact) mass is 186 g/mol. The molecule has 0 spiro atoms. The summed E-state index contributed by atoms with van der Waals surface area (Å²) in [5.74, 6) is 0.712. The van der Waals surface area contributed by atoms with E-state index in [1.54, 1.807) is 0 Å². The van der Waals surface area contributed by atoms with Crippen LogP contribution in [-0.4, -0.2) is 0 Å². The van der Waals surface area contributed by atoms with Crippen LogP contribution in [0.2, 0.25) is 0 Å². The first-order valence-electron chi connectivity index (χ1n) is 4.61. The SMILES string of the molecule is CC(C)(C)C(Cl)=CC1CC1(C)C. The van der Waals surface area contributed by atoms with Crippen molar-refractivity contribution in [2.45, 2.75) is 41.0 Å². The van der Waals surface area contributed by atoms with Gasteiger partial charge in [-0.15, -0.1) is 0 Å². The van der Waals surface area contributed by atoms with Crippen molar-refractivity contribution in [1.82, 2.24) is 0 Å². The molecule has 1 heteroatoms. The summed E-state index contributed by atoms with van der Waals surface area (Å²) in [4.78, 5) is 0. The van der Waals surface area contributed by atoms with E-state index in [1.165, 1.54) is 6.42 Å². The summed E-state index contributed by atoms with van der Waals surface area (Å²) in [6.45, 7) is 11.0. The van der Waals surface area contributed by atoms with Crippen LogP contribution in [-0.2, 0) is 0 Å². The third-order valence-corrected chi connectivity index (χ3v) is 3.35. The van der Waals surface area contributed by atoms with Crippen LogP contribution >= 0.6 is 11.6 Å². The third kappa shape index (κ3) is 2.26. The molecule has 0 aromatic rings. The van der Waals surface area contributed by atoms with Gasteiger partial charge in [0.15, 0.2) is 0 Å². The maximum Gasteiger partial charge on any atom is 0.0197 e. The molecule has 0 bridgehead atoms. The van der Waals surface area contributed by atoms with Gasteiger partial charge in [-0.1, -0.05) is 52.3 Å². The smallest absolute Gasteiger partial charge is 0.0197 e. The van der Waals surface area contributed by atoms with Crippen LogP contribution in [0.1, 0.15) is 41.0 Å². The number of hydrogen-bond donors (Lipinski definition) is 0. The van der Waals surface area contributed by atoms with Crippen LogP contribution in [0, 0.1) is 16.7 Å². The molecule has 1 saturated carbocycles. The van der Waals surface area contributed by atoms with Crippen molar-refractivity contribution in [2.75, 3.05) is 0 Å². The molecule has 0 nitrogen and oxygen atoms in total. The van der Waals surface area contributed by atoms with Gasteiger partial charge in [0.1, 0.15) is 0 Å². The Morgan fingerprint density at radius 1 is 1.42 bits per heavy atom. The van der Waals surface area contributed by atoms with Gasteiger partial charge >= 0.3 is 0 Å². The molecule has 1 atom stereocenters. The highest BCUT2D eigenvalue weighted by atomic mass is 35.5. The number of allylic oxidation sites excluding steroid dienone is 2. The predicted octanol–water partition coefficient (Wildman–Crippen LogP) is 4.20. The lowest BCUT2D eigenvalue weighted by molar-refractivity contribution is 0.523. The van der Waals surface area contributed by atoms with E-state index < -0.39 is 0 Å². The third-order valence-electron chi connectivity index (χ3n) is 2.65. The Morgan fingerprint density at radius 3 is 2.08 bits per heavy atom. The molecular weight excluding hydrogens is 168 g/mol. The first-order valence-corrected chi connectivity index (χ1v) is 4.99. The van der Waals surface area contributed by atoms with Crippen molar-refractivity contribution in [3.63, 3.8) is 0 Å². The van der Waals surface area contributed by atoms with Crippen molar-refractivity contribution >= 4 is 11.6 Å². The summed E-state index contributed by atoms with van der Waals surface area (Å²) in [6.07, 6.45) is 3.53. The van der Waals surface area contributed by atoms with E-state index in [0.29, 0.717) is 11.3 Å². The summed E-state index contributed by atoms with van der Waals surface area (Å²) in [6, 6.07) is 0. The average molecular weight is 187 g/mol. The number of hydrogen-bond acceptors (Lipinski definition) is 0. The molecule has 0 aliphatic heterocycles. The van der Waals surface area contributed by atoms with Gasteiger partial charge in [-0.3, -0.25) is 0 Å². The highest BCUT2D eigenvalue weighted by molar-refractivity contribution is 6.30. The maximum atomic E-state index is 6.18. The largest absolute Gasteiger partial charge is 0.0889 e. The second-order valence-corrected chi connectivity index (χ2v) is 5.97. The molecule has 0 saturated heterocycles. The number of halogens is 1. The molecular formula is C11H19Cl. The van der Waals surface area contributed by atoms with Gasteiger partial charge in [-0.05, 0) is 23.2 Å². The molecule has 12 heavy (non-hydrogen) atoms. The Kier molecular flexibility index (Phi) is 2.33. The van der Waals surface area contributed by atoms with Crippen molar-refractivity contribution in [3.05, 3.63) is 11.1 Å². The molecule has 1 fully saturated rings. The van der Waals surface area contributed by atoms with Crippen molar-refractivity contribution < 1.29 is 0 Å². The molecule has 0 aromatic heterocycles. The Hall–Kier alpha value is 0.0300. The van der Waals surface area contributed by atoms with E-state index in [2.05, 4.69) is 40.7 Å². The molecule has 0 N–H and O–H groups in total. The van der Waals surface area contributed by atoms with Crippen LogP contribution < -0.4 is 0 Å². The van der Waals surface area contributed by atoms with Gasteiger partial charge in [-0.2, -0.15) is 0 Å². The molecule has 0 aromatic carbocycles. The Balaban J connectivity index is 2.60. The summed E-state index contributed by atoms with van der Waals surface area (Å²) < 4.78 is 0. The second kappa shape index (κ2) is 2.77. The molecule has 1 aliphatic carbocycles. The molecule has 1 unspecified atom stereocenters. The van der Waals surface area contributed by atoms with E-state index >= 15 is 0 Å². The Bertz CT molecular complexity index is 206. The van der Waals surface area contributed by atoms with Crippen LogP contribution in [0.5, 0.6) is 0 Å². The van der Waals surface area contributed by atoms with Crippen LogP contribution in [0.25, 0.3) is 0 Å². The summed E-state index contributed by atoms with van der Waals surface area (Å²) in [7, 11) is 0. The summed E-state index contributed by atoms with van der Waals surface area (Å²) in [5, 5.41) is 1.01. The van der Waals surface area contributed by atoms with E-state index in [-0.39, 0.29) is 5.41 Å². The lowest BCUT2D eigenvalue weighted by Gasteiger charge is -2.17. The van der Waals surface area contributed by atoms with Crippen molar-refractivity contribution in [1.29, 1.82) is 0 Å². The Morgan fingerprint density at radius 2 is 1.83 bits per heavy atom. The summed E-state index contributed by atoms with van der Waals surface area (Å²) in [5.41, 5.74) is 0.631. The zero-order chi connectivity index (χ0) is 9.57. The molecule has 70 valence electrons. The van der Waals surface area contributed by atoms with Gasteiger partial charge in [0.25, 0.3) is 0 Å². The zero-order valence-corrected chi connectivity index (χ0v) is 9.50. The van der Waals surface area contributed by atoms with Gasteiger partial charge < -0.3 is 0 Å². The first kappa shape index (κ1) is 10.1. The normalized spacial score (nSPS) is 28.8. The minimum absolute atomic E-state index is 0.125. The van der Waals surface area contributed by atoms with E-state index in [0.717, 1.165) is 5.03 Å². The molecule has 1 aliphatic rings. The van der Waals surface area contributed by atoms with E-state index in [4.69, 9.17) is 11.6 Å². The maximum absolute atomic E-state index is 6.18. The predicted molar refractivity (Wildman–Crippen MR) is 55.3 cm³/mol. The zero-order valence-electron chi connectivity index (χ0n) is 8.74. The molecule has 0 radical (unpaired) electrons. The lowest BCUT2D eigenvalue weighted by Crippen LogP contribution is -2.05. The minimum atomic E-state index is 0.125. The highest BCUT2D eigenvalue weighted by Gasteiger charge is 2.44. The number of rotatable bonds is 1. The Labute approximate surface area is 81.0 Å². The fraction of sp³-hybridized carbons (Fsp3) is 0.818. The quantitative estimate of drug-likeness (QED) is 0.576. The van der Waals surface area contributed by atoms with Gasteiger partial charge in [0, 0.05) is 5.03 Å². The first-order chi connectivity index (χ1) is 5.23. The fourth-order valence-electron chi connectivity index (χ4n) is 1.22. The molecule has 0 heterocycles. The fourth-order valence-corrected chi connectivity index (χ4v) is 1.37. The highest BCUT2D eigenvalue weighted by Crippen LogP contribution is 2.53. The van der Waals surface area contributed by atoms with Crippen LogP contribution in [0.3, 0.4) is 0 Å². The van der Waals surface area contributed by atoms with Crippen molar-refractivity contribution in [3.8, 4) is 0 Å². The topological polar surface area (TPSA) is 0 Å². The van der Waals surface area contributed by atoms with Crippen LogP contribution in [0.15, 0.2) is 11.1 Å². The van der Waals surface area contributed by atoms with Crippen LogP contribution in [0.4, 0.5) is 0 Å². The van der Waals surface area contributed by atoms with E-state index in [1.807, 2.05) is 0 Å². The van der Waals surface area contributed by atoms with Gasteiger partial charge in [-0.25, -0.2) is 0 Å². The van der Waals surface area contributed by atoms with Gasteiger partial charge in [0.2, 0.25) is 0 Å². The lowest BCUT2D eigenvalue weighted by atomic mass is 9.94. The van der Waals surface area contributed by atoms with Gasteiger partial charge in [0.05, 0.1) is 0 Å². The molecule has 0 amide bonds. The second-order valence-electron chi connectivity index (χ2n) is 5.56. The molecule has 1 rings (SSSR count). The summed E-state index contributed by atoms with van der Waals surface area (Å²) >= 11 is 6.18. The average Bonchev–Trinajstić information content (AvgIpc) is 2.36. The van der Waals surface area contributed by atoms with E-state index in [9.17, 15) is 0 Å². The van der Waals surface area contributed by atoms with Crippen molar-refractivity contribution in [2.24, 2.45) is 16.7 Å². The minimum Gasteiger partial charge on any atom is -0.0889 e. The standard InChI is InChI=1S/C11H19Cl/c1-10(2,3)9(12)6-8-7-11(8,4)5/h6,8H,7H2,1-5H3.